The third-order valence-corrected chi connectivity index (χ3v) is 9.06. The Bertz CT molecular complexity index is 1430. The SMILES string of the molecule is O=S(=O)(N1CCC(c2[nH]nc3ccc(C(c4ccc(Cl)cc4)c4nccs4)cc23)CC1)C(F)(F)F. The summed E-state index contributed by atoms with van der Waals surface area (Å²) in [7, 11) is -5.32. The first-order chi connectivity index (χ1) is 16.6. The molecule has 1 saturated heterocycles. The van der Waals surface area contributed by atoms with Crippen molar-refractivity contribution in [2.24, 2.45) is 0 Å². The van der Waals surface area contributed by atoms with E-state index in [0.29, 0.717) is 9.33 Å². The predicted octanol–water partition coefficient (Wildman–Crippen LogP) is 5.88. The van der Waals surface area contributed by atoms with Crippen LogP contribution in [0.25, 0.3) is 10.9 Å². The molecule has 1 unspecified atom stereocenters. The number of rotatable bonds is 5. The number of fused-ring (bicyclic) bond motifs is 1. The summed E-state index contributed by atoms with van der Waals surface area (Å²) in [6, 6.07) is 13.5. The number of benzene rings is 2. The molecule has 5 rings (SSSR count). The summed E-state index contributed by atoms with van der Waals surface area (Å²) >= 11 is 7.64. The van der Waals surface area contributed by atoms with Gasteiger partial charge in [0.05, 0.1) is 11.4 Å². The van der Waals surface area contributed by atoms with Gasteiger partial charge in [-0.15, -0.1) is 11.3 Å². The second-order valence-electron chi connectivity index (χ2n) is 8.39. The van der Waals surface area contributed by atoms with Gasteiger partial charge in [-0.2, -0.15) is 22.6 Å². The summed E-state index contributed by atoms with van der Waals surface area (Å²) in [6.07, 6.45) is 2.29. The summed E-state index contributed by atoms with van der Waals surface area (Å²) in [5.74, 6) is -0.262. The molecular weight excluding hydrogens is 521 g/mol. The lowest BCUT2D eigenvalue weighted by Gasteiger charge is -2.31. The number of hydrogen-bond acceptors (Lipinski definition) is 5. The van der Waals surface area contributed by atoms with Gasteiger partial charge in [0.15, 0.2) is 0 Å². The van der Waals surface area contributed by atoms with E-state index in [2.05, 4.69) is 15.2 Å². The Morgan fingerprint density at radius 3 is 2.40 bits per heavy atom. The van der Waals surface area contributed by atoms with Gasteiger partial charge < -0.3 is 0 Å². The molecule has 184 valence electrons. The lowest BCUT2D eigenvalue weighted by Crippen LogP contribution is -2.44. The number of nitrogens with one attached hydrogen (secondary N) is 1. The largest absolute Gasteiger partial charge is 0.511 e. The molecule has 0 aliphatic carbocycles. The third-order valence-electron chi connectivity index (χ3n) is 6.34. The van der Waals surface area contributed by atoms with Gasteiger partial charge in [0.25, 0.3) is 0 Å². The van der Waals surface area contributed by atoms with Gasteiger partial charge in [0.1, 0.15) is 5.01 Å². The fraction of sp³-hybridized carbons (Fsp3) is 0.304. The summed E-state index contributed by atoms with van der Waals surface area (Å²) in [6.45, 7) is -0.390. The molecule has 0 saturated carbocycles. The number of sulfonamides is 1. The minimum atomic E-state index is -5.32. The Hall–Kier alpha value is -2.47. The van der Waals surface area contributed by atoms with Crippen LogP contribution < -0.4 is 0 Å². The summed E-state index contributed by atoms with van der Waals surface area (Å²) < 4.78 is 62.9. The van der Waals surface area contributed by atoms with Crippen LogP contribution in [0.4, 0.5) is 13.2 Å². The van der Waals surface area contributed by atoms with Crippen molar-refractivity contribution in [3.63, 3.8) is 0 Å². The highest BCUT2D eigenvalue weighted by Crippen LogP contribution is 2.39. The molecule has 35 heavy (non-hydrogen) atoms. The Morgan fingerprint density at radius 1 is 1.09 bits per heavy atom. The molecular formula is C23H20ClF3N4O2S2. The molecule has 6 nitrogen and oxygen atoms in total. The van der Waals surface area contributed by atoms with E-state index in [1.807, 2.05) is 47.8 Å². The lowest BCUT2D eigenvalue weighted by atomic mass is 9.88. The predicted molar refractivity (Wildman–Crippen MR) is 129 cm³/mol. The van der Waals surface area contributed by atoms with E-state index in [0.717, 1.165) is 32.7 Å². The molecule has 0 spiro atoms. The molecule has 3 heterocycles. The van der Waals surface area contributed by atoms with Gasteiger partial charge >= 0.3 is 15.5 Å². The van der Waals surface area contributed by atoms with Crippen LogP contribution >= 0.6 is 22.9 Å². The van der Waals surface area contributed by atoms with Crippen LogP contribution in [-0.4, -0.2) is 46.5 Å². The molecule has 4 aromatic rings. The van der Waals surface area contributed by atoms with E-state index >= 15 is 0 Å². The van der Waals surface area contributed by atoms with E-state index in [1.165, 1.54) is 0 Å². The van der Waals surface area contributed by atoms with Gasteiger partial charge in [0.2, 0.25) is 0 Å². The van der Waals surface area contributed by atoms with E-state index in [4.69, 9.17) is 11.6 Å². The molecule has 1 aliphatic heterocycles. The topological polar surface area (TPSA) is 79.0 Å². The van der Waals surface area contributed by atoms with Gasteiger partial charge in [-0.25, -0.2) is 13.4 Å². The smallest absolute Gasteiger partial charge is 0.281 e. The lowest BCUT2D eigenvalue weighted by molar-refractivity contribution is -0.0494. The van der Waals surface area contributed by atoms with Crippen LogP contribution in [0.2, 0.25) is 5.02 Å². The summed E-state index contributed by atoms with van der Waals surface area (Å²) in [5.41, 5.74) is -1.72. The molecule has 0 amide bonds. The molecule has 2 aromatic heterocycles. The molecule has 1 fully saturated rings. The van der Waals surface area contributed by atoms with Crippen molar-refractivity contribution < 1.29 is 21.6 Å². The number of alkyl halides is 3. The highest BCUT2D eigenvalue weighted by molar-refractivity contribution is 7.90. The van der Waals surface area contributed by atoms with Crippen LogP contribution in [0.1, 0.15) is 46.5 Å². The minimum absolute atomic E-state index is 0.127. The van der Waals surface area contributed by atoms with E-state index in [1.54, 1.807) is 17.5 Å². The number of aromatic nitrogens is 3. The fourth-order valence-electron chi connectivity index (χ4n) is 4.58. The normalized spacial score (nSPS) is 17.1. The molecule has 1 atom stereocenters. The number of aromatic amines is 1. The average Bonchev–Trinajstić information content (AvgIpc) is 3.50. The quantitative estimate of drug-likeness (QED) is 0.343. The van der Waals surface area contributed by atoms with Crippen molar-refractivity contribution >= 4 is 43.9 Å². The molecule has 2 aromatic carbocycles. The number of nitrogens with zero attached hydrogens (tertiary/aromatic N) is 3. The van der Waals surface area contributed by atoms with Crippen LogP contribution in [0.15, 0.2) is 54.0 Å². The highest BCUT2D eigenvalue weighted by Gasteiger charge is 2.50. The monoisotopic (exact) mass is 540 g/mol. The first-order valence-corrected chi connectivity index (χ1v) is 13.5. The molecule has 1 aliphatic rings. The Balaban J connectivity index is 1.47. The number of halogens is 4. The number of thiazole rings is 1. The molecule has 0 bridgehead atoms. The second kappa shape index (κ2) is 9.20. The zero-order chi connectivity index (χ0) is 24.8. The van der Waals surface area contributed by atoms with E-state index in [-0.39, 0.29) is 37.8 Å². The van der Waals surface area contributed by atoms with Gasteiger partial charge in [0, 0.05) is 46.7 Å². The third kappa shape index (κ3) is 4.57. The Kier molecular flexibility index (Phi) is 6.37. The highest BCUT2D eigenvalue weighted by atomic mass is 35.5. The molecule has 12 heteroatoms. The first kappa shape index (κ1) is 24.2. The van der Waals surface area contributed by atoms with Crippen molar-refractivity contribution in [3.8, 4) is 0 Å². The van der Waals surface area contributed by atoms with Gasteiger partial charge in [-0.05, 0) is 48.2 Å². The molecule has 0 radical (unpaired) electrons. The van der Waals surface area contributed by atoms with E-state index in [9.17, 15) is 21.6 Å². The fourth-order valence-corrected chi connectivity index (χ4v) is 6.48. The van der Waals surface area contributed by atoms with Crippen LogP contribution in [0.5, 0.6) is 0 Å². The van der Waals surface area contributed by atoms with Crippen molar-refractivity contribution in [2.45, 2.75) is 30.2 Å². The minimum Gasteiger partial charge on any atom is -0.281 e. The van der Waals surface area contributed by atoms with Crippen LogP contribution in [-0.2, 0) is 10.0 Å². The zero-order valence-electron chi connectivity index (χ0n) is 18.2. The maximum atomic E-state index is 12.9. The van der Waals surface area contributed by atoms with Gasteiger partial charge in [-0.3, -0.25) is 5.10 Å². The van der Waals surface area contributed by atoms with E-state index < -0.39 is 15.5 Å². The first-order valence-electron chi connectivity index (χ1n) is 10.8. The number of H-pyrrole nitrogens is 1. The molecule has 1 N–H and O–H groups in total. The van der Waals surface area contributed by atoms with Crippen molar-refractivity contribution in [1.82, 2.24) is 19.5 Å². The van der Waals surface area contributed by atoms with Crippen LogP contribution in [0, 0.1) is 0 Å². The van der Waals surface area contributed by atoms with Crippen molar-refractivity contribution in [1.29, 1.82) is 0 Å². The Labute approximate surface area is 208 Å². The average molecular weight is 541 g/mol. The number of piperidine rings is 1. The summed E-state index contributed by atoms with van der Waals surface area (Å²) in [4.78, 5) is 4.53. The van der Waals surface area contributed by atoms with Crippen molar-refractivity contribution in [3.05, 3.63) is 80.9 Å². The van der Waals surface area contributed by atoms with Crippen LogP contribution in [0.3, 0.4) is 0 Å². The Morgan fingerprint density at radius 2 is 1.77 bits per heavy atom. The maximum absolute atomic E-state index is 12.9. The van der Waals surface area contributed by atoms with Gasteiger partial charge in [-0.1, -0.05) is 29.8 Å². The summed E-state index contributed by atoms with van der Waals surface area (Å²) in [5, 5.41) is 11.8. The second-order valence-corrected chi connectivity index (χ2v) is 11.7. The zero-order valence-corrected chi connectivity index (χ0v) is 20.6. The standard InChI is InChI=1S/C23H20ClF3N4O2S2/c24-17-4-1-14(2-5-17)20(22-28-9-12-34-22)16-3-6-19-18(13-16)21(30-29-19)15-7-10-31(11-8-15)35(32,33)23(25,26)27/h1-6,9,12-13,15,20H,7-8,10-11H2,(H,29,30). The maximum Gasteiger partial charge on any atom is 0.511 e. The van der Waals surface area contributed by atoms with Crippen molar-refractivity contribution in [2.75, 3.05) is 13.1 Å². The number of hydrogen-bond donors (Lipinski definition) is 1.